The second kappa shape index (κ2) is 9.09. The van der Waals surface area contributed by atoms with Crippen molar-refractivity contribution < 1.29 is 7.96 Å². The molecule has 0 unspecified atom stereocenters. The van der Waals surface area contributed by atoms with Crippen molar-refractivity contribution in [2.75, 3.05) is 13.2 Å². The largest absolute Gasteiger partial charge is 2.00 e. The molecule has 2 nitrogen and oxygen atoms in total. The van der Waals surface area contributed by atoms with E-state index in [1.807, 2.05) is 0 Å². The molecule has 30 valence electrons. The van der Waals surface area contributed by atoms with Gasteiger partial charge in [-0.1, -0.05) is 0 Å². The molecule has 0 spiro atoms. The maximum absolute atomic E-state index is 7.75. The topological polar surface area (TPSA) is 46.2 Å². The van der Waals surface area contributed by atoms with E-state index >= 15 is 0 Å². The standard InChI is InChI=1S/C2H7NO.Ba.2H/c3-1-2-4;;;/h4H,1-3H2;;;/q;+2;2*-1. The Morgan fingerprint density at radius 3 is 2.00 bits per heavy atom. The summed E-state index contributed by atoms with van der Waals surface area (Å²) in [6.45, 7) is 0.472. The van der Waals surface area contributed by atoms with Gasteiger partial charge in [0, 0.05) is 6.54 Å². The normalized spacial score (nSPS) is 6.00. The monoisotopic (exact) mass is 201 g/mol. The van der Waals surface area contributed by atoms with Gasteiger partial charge in [-0.05, 0) is 0 Å². The predicted octanol–water partition coefficient (Wildman–Crippen LogP) is -1.22. The predicted molar refractivity (Wildman–Crippen MR) is 24.1 cm³/mol. The SMILES string of the molecule is NCCO.[Ba+2].[H-].[H-]. The Kier molecular flexibility index (Phi) is 17.6. The summed E-state index contributed by atoms with van der Waals surface area (Å²) in [5.41, 5.74) is 4.78. The van der Waals surface area contributed by atoms with Crippen molar-refractivity contribution in [2.45, 2.75) is 0 Å². The van der Waals surface area contributed by atoms with Gasteiger partial charge in [-0.25, -0.2) is 0 Å². The Bertz CT molecular complexity index is 17.7. The molecule has 0 aliphatic heterocycles. The van der Waals surface area contributed by atoms with E-state index in [-0.39, 0.29) is 58.3 Å². The summed E-state index contributed by atoms with van der Waals surface area (Å²) in [6, 6.07) is 0. The first kappa shape index (κ1) is 9.70. The molecule has 5 heavy (non-hydrogen) atoms. The van der Waals surface area contributed by atoms with Crippen molar-refractivity contribution in [1.82, 2.24) is 0 Å². The third kappa shape index (κ3) is 10.8. The number of aliphatic hydroxyl groups excluding tert-OH is 1. The molecule has 0 aromatic heterocycles. The van der Waals surface area contributed by atoms with Crippen LogP contribution in [-0.2, 0) is 0 Å². The smallest absolute Gasteiger partial charge is 1.00 e. The minimum absolute atomic E-state index is 0. The van der Waals surface area contributed by atoms with Crippen molar-refractivity contribution in [2.24, 2.45) is 5.73 Å². The zero-order chi connectivity index (χ0) is 3.41. The molecule has 3 N–H and O–H groups in total. The Labute approximate surface area is 74.8 Å². The molecule has 0 saturated heterocycles. The van der Waals surface area contributed by atoms with Crippen LogP contribution in [0.1, 0.15) is 2.85 Å². The van der Waals surface area contributed by atoms with Crippen molar-refractivity contribution >= 4 is 48.9 Å². The van der Waals surface area contributed by atoms with Gasteiger partial charge >= 0.3 is 48.9 Å². The van der Waals surface area contributed by atoms with Gasteiger partial charge in [-0.3, -0.25) is 0 Å². The van der Waals surface area contributed by atoms with Gasteiger partial charge in [-0.2, -0.15) is 0 Å². The van der Waals surface area contributed by atoms with E-state index in [1.165, 1.54) is 0 Å². The summed E-state index contributed by atoms with van der Waals surface area (Å²) >= 11 is 0. The Morgan fingerprint density at radius 1 is 1.80 bits per heavy atom. The van der Waals surface area contributed by atoms with E-state index in [0.717, 1.165) is 0 Å². The third-order valence-electron chi connectivity index (χ3n) is 0.129. The average molecular weight is 200 g/mol. The molecular formula is C2H9BaNO. The summed E-state index contributed by atoms with van der Waals surface area (Å²) in [5, 5.41) is 7.75. The van der Waals surface area contributed by atoms with Crippen LogP contribution in [0.15, 0.2) is 0 Å². The molecule has 0 aliphatic carbocycles. The summed E-state index contributed by atoms with van der Waals surface area (Å²) < 4.78 is 0. The van der Waals surface area contributed by atoms with E-state index in [2.05, 4.69) is 0 Å². The van der Waals surface area contributed by atoms with Gasteiger partial charge in [0.05, 0.1) is 6.61 Å². The van der Waals surface area contributed by atoms with Gasteiger partial charge in [0.1, 0.15) is 0 Å². The van der Waals surface area contributed by atoms with Gasteiger partial charge < -0.3 is 13.7 Å². The maximum Gasteiger partial charge on any atom is 2.00 e. The number of rotatable bonds is 1. The van der Waals surface area contributed by atoms with Crippen LogP contribution in [0.2, 0.25) is 0 Å². The molecule has 0 aromatic rings. The first-order chi connectivity index (χ1) is 1.91. The second-order valence-electron chi connectivity index (χ2n) is 0.512. The molecular weight excluding hydrogens is 191 g/mol. The van der Waals surface area contributed by atoms with Crippen LogP contribution in [0.3, 0.4) is 0 Å². The van der Waals surface area contributed by atoms with E-state index in [4.69, 9.17) is 10.8 Å². The molecule has 0 fully saturated rings. The van der Waals surface area contributed by atoms with E-state index in [0.29, 0.717) is 6.54 Å². The van der Waals surface area contributed by atoms with Gasteiger partial charge in [0.2, 0.25) is 0 Å². The fourth-order valence-corrected chi connectivity index (χ4v) is 0. The Morgan fingerprint density at radius 2 is 2.00 bits per heavy atom. The van der Waals surface area contributed by atoms with Crippen LogP contribution in [0.5, 0.6) is 0 Å². The number of nitrogens with two attached hydrogens (primary N) is 1. The molecule has 0 saturated carbocycles. The molecule has 0 radical (unpaired) electrons. The molecule has 0 rings (SSSR count). The molecule has 0 aromatic carbocycles. The van der Waals surface area contributed by atoms with Crippen molar-refractivity contribution in [3.05, 3.63) is 0 Å². The average Bonchev–Trinajstić information content (AvgIpc) is 1.37. The molecule has 0 amide bonds. The first-order valence-electron chi connectivity index (χ1n) is 1.22. The summed E-state index contributed by atoms with van der Waals surface area (Å²) in [6.07, 6.45) is 0. The molecule has 0 bridgehead atoms. The van der Waals surface area contributed by atoms with Gasteiger partial charge in [0.25, 0.3) is 0 Å². The first-order valence-corrected chi connectivity index (χ1v) is 1.22. The van der Waals surface area contributed by atoms with Crippen LogP contribution in [-0.4, -0.2) is 67.1 Å². The van der Waals surface area contributed by atoms with E-state index < -0.39 is 0 Å². The van der Waals surface area contributed by atoms with Crippen LogP contribution in [0.25, 0.3) is 0 Å². The molecule has 3 heteroatoms. The zero-order valence-electron chi connectivity index (χ0n) is 5.15. The fourth-order valence-electron chi connectivity index (χ4n) is 0. The minimum atomic E-state index is 0. The summed E-state index contributed by atoms with van der Waals surface area (Å²) in [5.74, 6) is 0. The number of aliphatic hydroxyl groups is 1. The van der Waals surface area contributed by atoms with Crippen molar-refractivity contribution in [1.29, 1.82) is 0 Å². The van der Waals surface area contributed by atoms with Crippen LogP contribution in [0.4, 0.5) is 0 Å². The Balaban J connectivity index is -0.0000000150. The molecule has 0 aliphatic rings. The number of hydrogen-bond acceptors (Lipinski definition) is 2. The van der Waals surface area contributed by atoms with E-state index in [1.54, 1.807) is 0 Å². The van der Waals surface area contributed by atoms with Gasteiger partial charge in [0.15, 0.2) is 0 Å². The maximum atomic E-state index is 7.75. The summed E-state index contributed by atoms with van der Waals surface area (Å²) in [4.78, 5) is 0. The third-order valence-corrected chi connectivity index (χ3v) is 0.129. The van der Waals surface area contributed by atoms with Crippen molar-refractivity contribution in [3.8, 4) is 0 Å². The van der Waals surface area contributed by atoms with Crippen molar-refractivity contribution in [3.63, 3.8) is 0 Å². The summed E-state index contributed by atoms with van der Waals surface area (Å²) in [7, 11) is 0. The number of hydrogen-bond donors (Lipinski definition) is 2. The van der Waals surface area contributed by atoms with Crippen LogP contribution >= 0.6 is 0 Å². The van der Waals surface area contributed by atoms with Crippen LogP contribution < -0.4 is 5.73 Å². The quantitative estimate of drug-likeness (QED) is 0.521. The fraction of sp³-hybridized carbons (Fsp3) is 1.00. The zero-order valence-corrected chi connectivity index (χ0v) is 7.59. The van der Waals surface area contributed by atoms with Crippen LogP contribution in [0, 0.1) is 0 Å². The molecule has 0 heterocycles. The Hall–Kier alpha value is 1.49. The minimum Gasteiger partial charge on any atom is -1.00 e. The van der Waals surface area contributed by atoms with Gasteiger partial charge in [-0.15, -0.1) is 0 Å². The van der Waals surface area contributed by atoms with E-state index in [9.17, 15) is 0 Å². The molecule has 0 atom stereocenters. The second-order valence-corrected chi connectivity index (χ2v) is 0.512.